The van der Waals surface area contributed by atoms with Crippen LogP contribution in [0.4, 0.5) is 0 Å². The van der Waals surface area contributed by atoms with Gasteiger partial charge in [0.25, 0.3) is 0 Å². The highest BCUT2D eigenvalue weighted by Crippen LogP contribution is 2.15. The van der Waals surface area contributed by atoms with Gasteiger partial charge in [0.05, 0.1) is 8.15 Å². The molecule has 1 N–H and O–H groups in total. The van der Waals surface area contributed by atoms with Gasteiger partial charge in [0, 0.05) is 0 Å². The largest absolute Gasteiger partial charge is 0.367 e. The Morgan fingerprint density at radius 1 is 2.00 bits per heavy atom. The molecule has 1 atom stereocenters. The lowest BCUT2D eigenvalue weighted by Gasteiger charge is -1.79. The predicted molar refractivity (Wildman–Crippen MR) is 21.8 cm³/mol. The Hall–Kier alpha value is 0.0600. The molecule has 0 spiro atoms. The van der Waals surface area contributed by atoms with E-state index in [1.807, 2.05) is 0 Å². The third kappa shape index (κ3) is 4.06. The minimum absolute atomic E-state index is 0.537. The zero-order valence-corrected chi connectivity index (χ0v) is 3.77. The highest BCUT2D eigenvalue weighted by atomic mass is 31.1. The molecule has 0 aliphatic rings. The van der Waals surface area contributed by atoms with Crippen LogP contribution in [0.1, 0.15) is 0 Å². The topological polar surface area (TPSA) is 37.3 Å². The van der Waals surface area contributed by atoms with Crippen LogP contribution in [-0.2, 0) is 4.79 Å². The van der Waals surface area contributed by atoms with Crippen LogP contribution in [0, 0.1) is 0 Å². The lowest BCUT2D eigenvalue weighted by Crippen LogP contribution is -1.61. The maximum absolute atomic E-state index is 9.28. The first-order valence-electron chi connectivity index (χ1n) is 1.14. The van der Waals surface area contributed by atoms with Gasteiger partial charge in [-0.05, 0) is 6.66 Å². The Morgan fingerprint density at radius 2 is 2.20 bits per heavy atom. The van der Waals surface area contributed by atoms with Crippen molar-refractivity contribution in [1.29, 1.82) is 0 Å². The van der Waals surface area contributed by atoms with Crippen molar-refractivity contribution >= 4 is 14.2 Å². The third-order valence-corrected chi connectivity index (χ3v) is 0.458. The predicted octanol–water partition coefficient (Wildman–Crippen LogP) is 0.196. The summed E-state index contributed by atoms with van der Waals surface area (Å²) in [7, 11) is -1.28. The molecule has 0 aromatic heterocycles. The Bertz CT molecular complexity index is 34.6. The van der Waals surface area contributed by atoms with Gasteiger partial charge in [-0.3, -0.25) is 4.79 Å². The fourth-order valence-corrected chi connectivity index (χ4v) is 0. The van der Waals surface area contributed by atoms with E-state index in [0.717, 1.165) is 0 Å². The van der Waals surface area contributed by atoms with Crippen LogP contribution in [0.2, 0.25) is 0 Å². The lowest BCUT2D eigenvalue weighted by atomic mass is 11.8. The number of hydrogen-bond donors (Lipinski definition) is 1. The summed E-state index contributed by atoms with van der Waals surface area (Å²) in [5.74, 6) is 0. The van der Waals surface area contributed by atoms with Gasteiger partial charge >= 0.3 is 0 Å². The Kier molecular flexibility index (Phi) is 2.33. The first kappa shape index (κ1) is 5.06. The fourth-order valence-electron chi connectivity index (χ4n) is 0. The molecule has 0 rings (SSSR count). The SMILES string of the molecule is CP(O)C=O. The van der Waals surface area contributed by atoms with E-state index in [4.69, 9.17) is 4.89 Å². The van der Waals surface area contributed by atoms with Crippen LogP contribution in [0.5, 0.6) is 0 Å². The second-order valence-corrected chi connectivity index (χ2v) is 2.04. The van der Waals surface area contributed by atoms with Crippen LogP contribution < -0.4 is 0 Å². The van der Waals surface area contributed by atoms with E-state index in [9.17, 15) is 4.79 Å². The number of carbonyl (C=O) groups is 1. The Morgan fingerprint density at radius 3 is 2.20 bits per heavy atom. The van der Waals surface area contributed by atoms with E-state index in [-0.39, 0.29) is 0 Å². The van der Waals surface area contributed by atoms with E-state index in [1.165, 1.54) is 6.66 Å². The van der Waals surface area contributed by atoms with Gasteiger partial charge in [-0.25, -0.2) is 0 Å². The second-order valence-electron chi connectivity index (χ2n) is 0.679. The van der Waals surface area contributed by atoms with Gasteiger partial charge in [-0.2, -0.15) is 0 Å². The summed E-state index contributed by atoms with van der Waals surface area (Å²) in [6.07, 6.45) is 0. The summed E-state index contributed by atoms with van der Waals surface area (Å²) in [5.41, 5.74) is 0. The molecule has 0 fully saturated rings. The monoisotopic (exact) mass is 92.0 g/mol. The summed E-state index contributed by atoms with van der Waals surface area (Å²) in [5, 5.41) is 0. The molecule has 30 valence electrons. The van der Waals surface area contributed by atoms with Crippen molar-refractivity contribution in [1.82, 2.24) is 0 Å². The van der Waals surface area contributed by atoms with Crippen LogP contribution in [0.25, 0.3) is 0 Å². The van der Waals surface area contributed by atoms with Gasteiger partial charge in [0.1, 0.15) is 0 Å². The molecule has 2 nitrogen and oxygen atoms in total. The van der Waals surface area contributed by atoms with Crippen molar-refractivity contribution in [3.8, 4) is 0 Å². The standard InChI is InChI=1S/C2H5O2P/c1-5(4)2-3/h2,4H,1H3. The van der Waals surface area contributed by atoms with E-state index in [1.54, 1.807) is 0 Å². The molecule has 0 bridgehead atoms. The smallest absolute Gasteiger partial charge is 0.168 e. The normalized spacial score (nSPS) is 14.0. The number of rotatable bonds is 1. The summed E-state index contributed by atoms with van der Waals surface area (Å²) >= 11 is 0. The molecule has 0 amide bonds. The molecule has 0 radical (unpaired) electrons. The third-order valence-electron chi connectivity index (χ3n) is 0.153. The molecule has 0 saturated carbocycles. The molecule has 1 unspecified atom stereocenters. The quantitative estimate of drug-likeness (QED) is 0.370. The highest BCUT2D eigenvalue weighted by Gasteiger charge is 1.81. The zero-order chi connectivity index (χ0) is 4.28. The molecule has 3 heteroatoms. The molecule has 5 heavy (non-hydrogen) atoms. The molecular weight excluding hydrogens is 87.0 g/mol. The fraction of sp³-hybridized carbons (Fsp3) is 0.500. The van der Waals surface area contributed by atoms with E-state index >= 15 is 0 Å². The van der Waals surface area contributed by atoms with Gasteiger partial charge in [0.2, 0.25) is 0 Å². The minimum atomic E-state index is -1.28. The van der Waals surface area contributed by atoms with E-state index in [2.05, 4.69) is 0 Å². The van der Waals surface area contributed by atoms with Gasteiger partial charge in [-0.15, -0.1) is 0 Å². The van der Waals surface area contributed by atoms with Crippen LogP contribution >= 0.6 is 8.15 Å². The molecule has 0 aromatic carbocycles. The summed E-state index contributed by atoms with van der Waals surface area (Å²) < 4.78 is 0. The van der Waals surface area contributed by atoms with Gasteiger partial charge in [0.15, 0.2) is 6.03 Å². The summed E-state index contributed by atoms with van der Waals surface area (Å²) in [6, 6.07) is 0.537. The summed E-state index contributed by atoms with van der Waals surface area (Å²) in [4.78, 5) is 17.3. The molecule has 0 heterocycles. The maximum atomic E-state index is 9.28. The van der Waals surface area contributed by atoms with E-state index < -0.39 is 8.15 Å². The molecule has 0 saturated heterocycles. The number of carbonyl (C=O) groups excluding carboxylic acids is 1. The highest BCUT2D eigenvalue weighted by molar-refractivity contribution is 7.66. The molecule has 0 aliphatic carbocycles. The van der Waals surface area contributed by atoms with Gasteiger partial charge < -0.3 is 4.89 Å². The van der Waals surface area contributed by atoms with Crippen molar-refractivity contribution in [3.63, 3.8) is 0 Å². The average molecular weight is 92.0 g/mol. The van der Waals surface area contributed by atoms with Crippen LogP contribution in [0.3, 0.4) is 0 Å². The van der Waals surface area contributed by atoms with Crippen LogP contribution in [0.15, 0.2) is 0 Å². The van der Waals surface area contributed by atoms with Crippen LogP contribution in [-0.4, -0.2) is 17.6 Å². The van der Waals surface area contributed by atoms with Crippen molar-refractivity contribution < 1.29 is 9.69 Å². The molecular formula is C2H5O2P. The maximum Gasteiger partial charge on any atom is 0.168 e. The first-order chi connectivity index (χ1) is 2.27. The lowest BCUT2D eigenvalue weighted by molar-refractivity contribution is 0.560. The number of hydrogen-bond acceptors (Lipinski definition) is 2. The minimum Gasteiger partial charge on any atom is -0.367 e. The van der Waals surface area contributed by atoms with Crippen molar-refractivity contribution in [2.45, 2.75) is 0 Å². The van der Waals surface area contributed by atoms with E-state index in [0.29, 0.717) is 6.03 Å². The van der Waals surface area contributed by atoms with Crippen molar-refractivity contribution in [2.75, 3.05) is 6.66 Å². The Balaban J connectivity index is 2.83. The second kappa shape index (κ2) is 2.31. The average Bonchev–Trinajstić information content (AvgIpc) is 1.38. The first-order valence-corrected chi connectivity index (χ1v) is 2.95. The zero-order valence-electron chi connectivity index (χ0n) is 2.88. The van der Waals surface area contributed by atoms with Gasteiger partial charge in [-0.1, -0.05) is 0 Å². The summed E-state index contributed by atoms with van der Waals surface area (Å²) in [6.45, 7) is 1.47. The van der Waals surface area contributed by atoms with Crippen molar-refractivity contribution in [3.05, 3.63) is 0 Å². The molecule has 0 aliphatic heterocycles. The van der Waals surface area contributed by atoms with Crippen molar-refractivity contribution in [2.24, 2.45) is 0 Å². The molecule has 0 aromatic rings. The Labute approximate surface area is 31.6 Å².